The summed E-state index contributed by atoms with van der Waals surface area (Å²) < 4.78 is 18.0. The van der Waals surface area contributed by atoms with Crippen molar-refractivity contribution in [3.8, 4) is 5.75 Å². The number of methoxy groups -OCH3 is 1. The molecule has 1 saturated heterocycles. The third kappa shape index (κ3) is 3.59. The Bertz CT molecular complexity index is 883. The standard InChI is InChI=1S/C19H18FN3O4/c1-19(12-3-9-15(27-2)10-4-12)17(25)23(18(26)22-19)11-16(24)21-14-7-5-13(20)6-8-14/h3-10H,11H2,1-2H3,(H,21,24)(H,22,26)/t19-/m0/s1. The fourth-order valence-electron chi connectivity index (χ4n) is 2.84. The Labute approximate surface area is 155 Å². The number of halogens is 1. The predicted octanol–water partition coefficient (Wildman–Crippen LogP) is 2.24. The molecular formula is C19H18FN3O4. The summed E-state index contributed by atoms with van der Waals surface area (Å²) >= 11 is 0. The monoisotopic (exact) mass is 371 g/mol. The predicted molar refractivity (Wildman–Crippen MR) is 95.6 cm³/mol. The van der Waals surface area contributed by atoms with E-state index < -0.39 is 35.7 Å². The number of hydrogen-bond donors (Lipinski definition) is 2. The fraction of sp³-hybridized carbons (Fsp3) is 0.211. The molecule has 0 radical (unpaired) electrons. The van der Waals surface area contributed by atoms with Crippen molar-refractivity contribution in [2.24, 2.45) is 0 Å². The van der Waals surface area contributed by atoms with Gasteiger partial charge in [-0.1, -0.05) is 12.1 Å². The van der Waals surface area contributed by atoms with Gasteiger partial charge in [0.15, 0.2) is 0 Å². The van der Waals surface area contributed by atoms with Crippen LogP contribution in [-0.4, -0.2) is 36.4 Å². The van der Waals surface area contributed by atoms with Gasteiger partial charge in [0.2, 0.25) is 5.91 Å². The number of carbonyl (C=O) groups is 3. The molecule has 8 heteroatoms. The molecule has 1 aliphatic rings. The molecule has 3 rings (SSSR count). The van der Waals surface area contributed by atoms with Crippen molar-refractivity contribution in [1.29, 1.82) is 0 Å². The first-order valence-corrected chi connectivity index (χ1v) is 8.17. The van der Waals surface area contributed by atoms with Crippen LogP contribution in [0.3, 0.4) is 0 Å². The average Bonchev–Trinajstić information content (AvgIpc) is 2.88. The molecule has 2 aromatic rings. The van der Waals surface area contributed by atoms with E-state index in [1.54, 1.807) is 31.2 Å². The number of carbonyl (C=O) groups excluding carboxylic acids is 3. The lowest BCUT2D eigenvalue weighted by atomic mass is 9.92. The maximum atomic E-state index is 12.9. The van der Waals surface area contributed by atoms with Gasteiger partial charge in [-0.15, -0.1) is 0 Å². The van der Waals surface area contributed by atoms with Crippen molar-refractivity contribution in [2.45, 2.75) is 12.5 Å². The Balaban J connectivity index is 1.73. The molecule has 1 aliphatic heterocycles. The quantitative estimate of drug-likeness (QED) is 0.789. The molecule has 2 aromatic carbocycles. The molecule has 4 amide bonds. The first-order valence-electron chi connectivity index (χ1n) is 8.17. The van der Waals surface area contributed by atoms with E-state index in [0.717, 1.165) is 4.90 Å². The molecule has 0 aromatic heterocycles. The molecular weight excluding hydrogens is 353 g/mol. The molecule has 27 heavy (non-hydrogen) atoms. The van der Waals surface area contributed by atoms with Crippen molar-refractivity contribution < 1.29 is 23.5 Å². The van der Waals surface area contributed by atoms with Crippen LogP contribution in [0, 0.1) is 5.82 Å². The van der Waals surface area contributed by atoms with Crippen molar-refractivity contribution in [3.05, 3.63) is 59.9 Å². The zero-order chi connectivity index (χ0) is 19.6. The number of amides is 4. The summed E-state index contributed by atoms with van der Waals surface area (Å²) in [6, 6.07) is 11.2. The number of benzene rings is 2. The van der Waals surface area contributed by atoms with Gasteiger partial charge in [0, 0.05) is 5.69 Å². The van der Waals surface area contributed by atoms with E-state index in [-0.39, 0.29) is 0 Å². The first kappa shape index (κ1) is 18.4. The molecule has 1 heterocycles. The van der Waals surface area contributed by atoms with E-state index >= 15 is 0 Å². The van der Waals surface area contributed by atoms with Gasteiger partial charge in [-0.05, 0) is 48.9 Å². The lowest BCUT2D eigenvalue weighted by Gasteiger charge is -2.22. The molecule has 0 unspecified atom stereocenters. The zero-order valence-corrected chi connectivity index (χ0v) is 14.8. The highest BCUT2D eigenvalue weighted by molar-refractivity contribution is 6.10. The normalized spacial score (nSPS) is 19.0. The lowest BCUT2D eigenvalue weighted by molar-refractivity contribution is -0.133. The smallest absolute Gasteiger partial charge is 0.325 e. The highest BCUT2D eigenvalue weighted by Crippen LogP contribution is 2.30. The molecule has 0 bridgehead atoms. The van der Waals surface area contributed by atoms with Crippen LogP contribution in [-0.2, 0) is 15.1 Å². The number of anilines is 1. The fourth-order valence-corrected chi connectivity index (χ4v) is 2.84. The lowest BCUT2D eigenvalue weighted by Crippen LogP contribution is -2.42. The molecule has 0 saturated carbocycles. The minimum absolute atomic E-state index is 0.367. The van der Waals surface area contributed by atoms with Crippen LogP contribution in [0.1, 0.15) is 12.5 Å². The van der Waals surface area contributed by atoms with Crippen LogP contribution in [0.5, 0.6) is 5.75 Å². The van der Waals surface area contributed by atoms with Crippen molar-refractivity contribution in [1.82, 2.24) is 10.2 Å². The Morgan fingerprint density at radius 2 is 1.78 bits per heavy atom. The molecule has 7 nitrogen and oxygen atoms in total. The van der Waals surface area contributed by atoms with Gasteiger partial charge in [-0.25, -0.2) is 9.18 Å². The first-order chi connectivity index (χ1) is 12.8. The average molecular weight is 371 g/mol. The minimum atomic E-state index is -1.28. The number of urea groups is 1. The Kier molecular flexibility index (Phi) is 4.81. The number of hydrogen-bond acceptors (Lipinski definition) is 4. The van der Waals surface area contributed by atoms with E-state index in [0.29, 0.717) is 17.0 Å². The maximum absolute atomic E-state index is 12.9. The molecule has 2 N–H and O–H groups in total. The Morgan fingerprint density at radius 3 is 2.37 bits per heavy atom. The molecule has 0 aliphatic carbocycles. The number of ether oxygens (including phenoxy) is 1. The third-order valence-electron chi connectivity index (χ3n) is 4.37. The van der Waals surface area contributed by atoms with Crippen LogP contribution < -0.4 is 15.4 Å². The van der Waals surface area contributed by atoms with Gasteiger partial charge < -0.3 is 15.4 Å². The summed E-state index contributed by atoms with van der Waals surface area (Å²) in [5.74, 6) is -0.914. The minimum Gasteiger partial charge on any atom is -0.497 e. The second-order valence-electron chi connectivity index (χ2n) is 6.23. The largest absolute Gasteiger partial charge is 0.497 e. The third-order valence-corrected chi connectivity index (χ3v) is 4.37. The highest BCUT2D eigenvalue weighted by atomic mass is 19.1. The van der Waals surface area contributed by atoms with Crippen molar-refractivity contribution in [2.75, 3.05) is 19.0 Å². The Morgan fingerprint density at radius 1 is 1.15 bits per heavy atom. The van der Waals surface area contributed by atoms with Gasteiger partial charge in [0.05, 0.1) is 7.11 Å². The van der Waals surface area contributed by atoms with Crippen LogP contribution in [0.2, 0.25) is 0 Å². The maximum Gasteiger partial charge on any atom is 0.325 e. The van der Waals surface area contributed by atoms with E-state index in [4.69, 9.17) is 4.74 Å². The van der Waals surface area contributed by atoms with E-state index in [1.807, 2.05) is 0 Å². The summed E-state index contributed by atoms with van der Waals surface area (Å²) in [4.78, 5) is 38.1. The van der Waals surface area contributed by atoms with Crippen LogP contribution in [0.15, 0.2) is 48.5 Å². The Hall–Kier alpha value is -3.42. The van der Waals surface area contributed by atoms with E-state index in [9.17, 15) is 18.8 Å². The second-order valence-corrected chi connectivity index (χ2v) is 6.23. The summed E-state index contributed by atoms with van der Waals surface area (Å²) in [5, 5.41) is 5.15. The highest BCUT2D eigenvalue weighted by Gasteiger charge is 2.49. The van der Waals surface area contributed by atoms with Gasteiger partial charge in [-0.2, -0.15) is 0 Å². The number of rotatable bonds is 5. The van der Waals surface area contributed by atoms with Crippen molar-refractivity contribution in [3.63, 3.8) is 0 Å². The zero-order valence-electron chi connectivity index (χ0n) is 14.8. The van der Waals surface area contributed by atoms with Crippen LogP contribution in [0.4, 0.5) is 14.9 Å². The molecule has 0 spiro atoms. The van der Waals surface area contributed by atoms with Crippen LogP contribution >= 0.6 is 0 Å². The van der Waals surface area contributed by atoms with Gasteiger partial charge in [0.25, 0.3) is 5.91 Å². The molecule has 140 valence electrons. The number of nitrogens with zero attached hydrogens (tertiary/aromatic N) is 1. The second kappa shape index (κ2) is 7.06. The SMILES string of the molecule is COc1ccc([C@]2(C)NC(=O)N(CC(=O)Nc3ccc(F)cc3)C2=O)cc1. The van der Waals surface area contributed by atoms with Crippen LogP contribution in [0.25, 0.3) is 0 Å². The van der Waals surface area contributed by atoms with Gasteiger partial charge >= 0.3 is 6.03 Å². The number of imide groups is 1. The summed E-state index contributed by atoms with van der Waals surface area (Å²) in [7, 11) is 1.53. The number of nitrogens with one attached hydrogen (secondary N) is 2. The summed E-state index contributed by atoms with van der Waals surface area (Å²) in [6.07, 6.45) is 0. The summed E-state index contributed by atoms with van der Waals surface area (Å²) in [5.41, 5.74) is -0.339. The van der Waals surface area contributed by atoms with E-state index in [1.165, 1.54) is 31.4 Å². The van der Waals surface area contributed by atoms with Gasteiger partial charge in [-0.3, -0.25) is 14.5 Å². The van der Waals surface area contributed by atoms with E-state index in [2.05, 4.69) is 10.6 Å². The summed E-state index contributed by atoms with van der Waals surface area (Å²) in [6.45, 7) is 1.13. The molecule has 1 fully saturated rings. The van der Waals surface area contributed by atoms with Crippen molar-refractivity contribution >= 4 is 23.5 Å². The topological polar surface area (TPSA) is 87.7 Å². The molecule has 1 atom stereocenters. The van der Waals surface area contributed by atoms with Gasteiger partial charge in [0.1, 0.15) is 23.7 Å².